The summed E-state index contributed by atoms with van der Waals surface area (Å²) in [6.45, 7) is 1.71. The Morgan fingerprint density at radius 3 is 2.50 bits per heavy atom. The van der Waals surface area contributed by atoms with Gasteiger partial charge in [0.1, 0.15) is 5.54 Å². The summed E-state index contributed by atoms with van der Waals surface area (Å²) in [5.74, 6) is -0.862. The molecule has 1 aliphatic carbocycles. The zero-order valence-corrected chi connectivity index (χ0v) is 14.9. The molecule has 2 fully saturated rings. The van der Waals surface area contributed by atoms with Crippen LogP contribution in [-0.4, -0.2) is 54.1 Å². The summed E-state index contributed by atoms with van der Waals surface area (Å²) in [5.41, 5.74) is -0.412. The highest BCUT2D eigenvalue weighted by molar-refractivity contribution is 6.07. The molecule has 3 rings (SSSR count). The van der Waals surface area contributed by atoms with Gasteiger partial charge in [0.2, 0.25) is 0 Å². The number of esters is 1. The molecule has 0 aromatic rings. The van der Waals surface area contributed by atoms with Crippen LogP contribution in [0, 0.1) is 0 Å². The van der Waals surface area contributed by atoms with Crippen LogP contribution >= 0.6 is 0 Å². The van der Waals surface area contributed by atoms with E-state index >= 15 is 0 Å². The number of nitrogens with zero attached hydrogens (tertiary/aromatic N) is 1. The number of carbonyl (C=O) groups is 4. The van der Waals surface area contributed by atoms with Crippen molar-refractivity contribution in [3.8, 4) is 0 Å². The van der Waals surface area contributed by atoms with Gasteiger partial charge in [0, 0.05) is 0 Å². The first-order valence-electron chi connectivity index (χ1n) is 9.05. The molecule has 1 saturated carbocycles. The number of carbonyl (C=O) groups excluding carboxylic acids is 4. The van der Waals surface area contributed by atoms with Crippen LogP contribution in [0.3, 0.4) is 0 Å². The van der Waals surface area contributed by atoms with Crippen molar-refractivity contribution in [2.75, 3.05) is 19.7 Å². The van der Waals surface area contributed by atoms with Gasteiger partial charge in [-0.1, -0.05) is 25.7 Å². The van der Waals surface area contributed by atoms with Crippen LogP contribution < -0.4 is 16.0 Å². The average Bonchev–Trinajstić information content (AvgIpc) is 2.77. The molecular weight excluding hydrogens is 340 g/mol. The number of nitrogens with one attached hydrogen (secondary N) is 3. The summed E-state index contributed by atoms with van der Waals surface area (Å²) < 4.78 is 5.00. The quantitative estimate of drug-likeness (QED) is 0.503. The number of ether oxygens (including phenoxy) is 1. The van der Waals surface area contributed by atoms with Gasteiger partial charge in [-0.15, -0.1) is 0 Å². The molecule has 0 aromatic heterocycles. The van der Waals surface area contributed by atoms with Crippen LogP contribution in [-0.2, 0) is 14.3 Å². The second-order valence-corrected chi connectivity index (χ2v) is 6.80. The van der Waals surface area contributed by atoms with Gasteiger partial charge in [-0.05, 0) is 19.8 Å². The van der Waals surface area contributed by atoms with Gasteiger partial charge in [0.15, 0.2) is 0 Å². The number of urea groups is 2. The summed E-state index contributed by atoms with van der Waals surface area (Å²) in [6.07, 6.45) is 5.10. The van der Waals surface area contributed by atoms with Gasteiger partial charge >= 0.3 is 18.0 Å². The smallest absolute Gasteiger partial charge is 0.337 e. The summed E-state index contributed by atoms with van der Waals surface area (Å²) in [7, 11) is 0. The van der Waals surface area contributed by atoms with Gasteiger partial charge in [-0.3, -0.25) is 9.69 Å². The maximum Gasteiger partial charge on any atom is 0.337 e. The Kier molecular flexibility index (Phi) is 5.15. The molecule has 3 N–H and O–H groups in total. The van der Waals surface area contributed by atoms with Crippen molar-refractivity contribution in [2.24, 2.45) is 0 Å². The van der Waals surface area contributed by atoms with Crippen molar-refractivity contribution < 1.29 is 23.9 Å². The lowest BCUT2D eigenvalue weighted by atomic mass is 9.90. The van der Waals surface area contributed by atoms with Crippen LogP contribution in [0.15, 0.2) is 11.3 Å². The molecule has 0 bridgehead atoms. The van der Waals surface area contributed by atoms with Crippen LogP contribution in [0.4, 0.5) is 9.59 Å². The predicted molar refractivity (Wildman–Crippen MR) is 90.9 cm³/mol. The Hall–Kier alpha value is -2.58. The molecule has 9 nitrogen and oxygen atoms in total. The zero-order chi connectivity index (χ0) is 18.7. The highest BCUT2D eigenvalue weighted by Crippen LogP contribution is 2.33. The van der Waals surface area contributed by atoms with E-state index in [-0.39, 0.29) is 36.9 Å². The fraction of sp³-hybridized carbons (Fsp3) is 0.647. The molecule has 1 saturated heterocycles. The van der Waals surface area contributed by atoms with Crippen molar-refractivity contribution in [3.05, 3.63) is 11.3 Å². The standard InChI is InChI=1S/C17H24N4O5/c1-2-26-13(22)11-9-18-15(24)19-12(11)10-21-14(23)17(20-16(21)25)7-5-3-4-6-8-17/h2-10H2,1H3,(H,20,25)(H2,18,19,24). The first-order valence-corrected chi connectivity index (χ1v) is 9.05. The molecule has 0 aromatic carbocycles. The van der Waals surface area contributed by atoms with Crippen molar-refractivity contribution >= 4 is 23.9 Å². The first kappa shape index (κ1) is 18.2. The molecular formula is C17H24N4O5. The fourth-order valence-corrected chi connectivity index (χ4v) is 3.73. The number of hydrogen-bond donors (Lipinski definition) is 3. The second kappa shape index (κ2) is 7.35. The van der Waals surface area contributed by atoms with Crippen LogP contribution in [0.1, 0.15) is 45.4 Å². The predicted octanol–water partition coefficient (Wildman–Crippen LogP) is 0.761. The molecule has 2 aliphatic heterocycles. The Balaban J connectivity index is 1.83. The van der Waals surface area contributed by atoms with E-state index in [4.69, 9.17) is 4.74 Å². The van der Waals surface area contributed by atoms with Crippen molar-refractivity contribution in [1.82, 2.24) is 20.9 Å². The molecule has 26 heavy (non-hydrogen) atoms. The minimum absolute atomic E-state index is 0.00517. The number of imide groups is 1. The summed E-state index contributed by atoms with van der Waals surface area (Å²) in [5, 5.41) is 7.88. The summed E-state index contributed by atoms with van der Waals surface area (Å²) >= 11 is 0. The van der Waals surface area contributed by atoms with Crippen LogP contribution in [0.25, 0.3) is 0 Å². The Morgan fingerprint density at radius 1 is 1.15 bits per heavy atom. The molecule has 9 heteroatoms. The van der Waals surface area contributed by atoms with Gasteiger partial charge < -0.3 is 20.7 Å². The van der Waals surface area contributed by atoms with Gasteiger partial charge in [-0.25, -0.2) is 14.4 Å². The lowest BCUT2D eigenvalue weighted by Gasteiger charge is -2.26. The second-order valence-electron chi connectivity index (χ2n) is 6.80. The SMILES string of the molecule is CCOC(=O)C1=C(CN2C(=O)NC3(CCCCCC3)C2=O)NC(=O)NC1. The van der Waals surface area contributed by atoms with Crippen LogP contribution in [0.2, 0.25) is 0 Å². The monoisotopic (exact) mass is 364 g/mol. The molecule has 2 heterocycles. The zero-order valence-electron chi connectivity index (χ0n) is 14.9. The van der Waals surface area contributed by atoms with E-state index in [1.54, 1.807) is 6.92 Å². The van der Waals surface area contributed by atoms with E-state index in [2.05, 4.69) is 16.0 Å². The minimum atomic E-state index is -0.852. The van der Waals surface area contributed by atoms with Crippen molar-refractivity contribution in [3.63, 3.8) is 0 Å². The highest BCUT2D eigenvalue weighted by Gasteiger charge is 2.51. The minimum Gasteiger partial charge on any atom is -0.463 e. The first-order chi connectivity index (χ1) is 12.5. The van der Waals surface area contributed by atoms with Gasteiger partial charge in [-0.2, -0.15) is 0 Å². The number of hydrogen-bond acceptors (Lipinski definition) is 5. The molecule has 5 amide bonds. The van der Waals surface area contributed by atoms with E-state index in [9.17, 15) is 19.2 Å². The van der Waals surface area contributed by atoms with E-state index in [1.807, 2.05) is 0 Å². The van der Waals surface area contributed by atoms with E-state index < -0.39 is 23.6 Å². The third kappa shape index (κ3) is 3.38. The maximum absolute atomic E-state index is 13.0. The maximum atomic E-state index is 13.0. The third-order valence-corrected chi connectivity index (χ3v) is 5.10. The summed E-state index contributed by atoms with van der Waals surface area (Å²) in [6, 6.07) is -0.968. The van der Waals surface area contributed by atoms with Gasteiger partial charge in [0.25, 0.3) is 5.91 Å². The normalized spacial score (nSPS) is 22.7. The lowest BCUT2D eigenvalue weighted by Crippen LogP contribution is -2.49. The summed E-state index contributed by atoms with van der Waals surface area (Å²) in [4.78, 5) is 50.3. The number of amides is 5. The van der Waals surface area contributed by atoms with E-state index in [0.29, 0.717) is 12.8 Å². The molecule has 142 valence electrons. The largest absolute Gasteiger partial charge is 0.463 e. The van der Waals surface area contributed by atoms with Crippen LogP contribution in [0.5, 0.6) is 0 Å². The van der Waals surface area contributed by atoms with Crippen molar-refractivity contribution in [2.45, 2.75) is 51.0 Å². The Labute approximate surface area is 151 Å². The average molecular weight is 364 g/mol. The lowest BCUT2D eigenvalue weighted by molar-refractivity contribution is -0.139. The number of rotatable bonds is 4. The molecule has 0 unspecified atom stereocenters. The Morgan fingerprint density at radius 2 is 1.85 bits per heavy atom. The van der Waals surface area contributed by atoms with E-state index in [1.165, 1.54) is 0 Å². The Bertz CT molecular complexity index is 664. The molecule has 1 spiro atoms. The molecule has 3 aliphatic rings. The molecule has 0 radical (unpaired) electrons. The fourth-order valence-electron chi connectivity index (χ4n) is 3.73. The molecule has 0 atom stereocenters. The van der Waals surface area contributed by atoms with Crippen molar-refractivity contribution in [1.29, 1.82) is 0 Å². The van der Waals surface area contributed by atoms with E-state index in [0.717, 1.165) is 30.6 Å². The van der Waals surface area contributed by atoms with Gasteiger partial charge in [0.05, 0.1) is 31.0 Å². The third-order valence-electron chi connectivity index (χ3n) is 5.10. The topological polar surface area (TPSA) is 117 Å². The highest BCUT2D eigenvalue weighted by atomic mass is 16.5.